The molecule has 2 aromatic rings. The standard InChI is InChI=1S/C14H10Cl2N3/c15-12-2-1-11(7-13(12)16)14(8-18-9-19-14)10-3-5-17-6-4-10/h1-7H,8H2,(H,18,19). The second-order valence-electron chi connectivity index (χ2n) is 4.30. The molecule has 0 spiro atoms. The maximum Gasteiger partial charge on any atom is 0.165 e. The molecular formula is C14H10Cl2N3. The minimum absolute atomic E-state index is 0.517. The van der Waals surface area contributed by atoms with Gasteiger partial charge in [0.15, 0.2) is 6.34 Å². The van der Waals surface area contributed by atoms with Crippen molar-refractivity contribution in [1.82, 2.24) is 10.3 Å². The fourth-order valence-electron chi connectivity index (χ4n) is 2.22. The molecular weight excluding hydrogens is 281 g/mol. The van der Waals surface area contributed by atoms with Crippen LogP contribution in [-0.4, -0.2) is 17.9 Å². The molecule has 0 saturated heterocycles. The van der Waals surface area contributed by atoms with E-state index in [1.54, 1.807) is 18.5 Å². The van der Waals surface area contributed by atoms with Crippen LogP contribution in [0.25, 0.3) is 0 Å². The Kier molecular flexibility index (Phi) is 3.17. The van der Waals surface area contributed by atoms with E-state index in [-0.39, 0.29) is 0 Å². The predicted octanol–water partition coefficient (Wildman–Crippen LogP) is 3.14. The van der Waals surface area contributed by atoms with Crippen molar-refractivity contribution in [3.8, 4) is 0 Å². The normalized spacial score (nSPS) is 21.4. The third kappa shape index (κ3) is 2.09. The summed E-state index contributed by atoms with van der Waals surface area (Å²) in [4.78, 5) is 8.53. The van der Waals surface area contributed by atoms with Gasteiger partial charge in [0.2, 0.25) is 0 Å². The molecule has 0 fully saturated rings. The van der Waals surface area contributed by atoms with Gasteiger partial charge in [0, 0.05) is 12.4 Å². The highest BCUT2D eigenvalue weighted by Gasteiger charge is 2.36. The third-order valence-electron chi connectivity index (χ3n) is 3.23. The average molecular weight is 291 g/mol. The molecule has 0 aliphatic carbocycles. The molecule has 1 atom stereocenters. The van der Waals surface area contributed by atoms with Gasteiger partial charge < -0.3 is 5.32 Å². The molecule has 3 rings (SSSR count). The smallest absolute Gasteiger partial charge is 0.165 e. The molecule has 1 aliphatic heterocycles. The first-order chi connectivity index (χ1) is 9.22. The SMILES string of the molecule is Clc1ccc(C2(c3ccncc3)CN[C]=N2)cc1Cl. The van der Waals surface area contributed by atoms with Crippen LogP contribution >= 0.6 is 23.2 Å². The van der Waals surface area contributed by atoms with Crippen LogP contribution in [0.2, 0.25) is 10.0 Å². The van der Waals surface area contributed by atoms with Gasteiger partial charge in [0.05, 0.1) is 16.6 Å². The van der Waals surface area contributed by atoms with Gasteiger partial charge in [0.1, 0.15) is 5.54 Å². The molecule has 1 unspecified atom stereocenters. The summed E-state index contributed by atoms with van der Waals surface area (Å²) < 4.78 is 0. The monoisotopic (exact) mass is 290 g/mol. The largest absolute Gasteiger partial charge is 0.364 e. The van der Waals surface area contributed by atoms with Gasteiger partial charge in [-0.15, -0.1) is 0 Å². The predicted molar refractivity (Wildman–Crippen MR) is 76.9 cm³/mol. The highest BCUT2D eigenvalue weighted by molar-refractivity contribution is 6.42. The first-order valence-corrected chi connectivity index (χ1v) is 6.54. The van der Waals surface area contributed by atoms with Crippen LogP contribution in [0, 0.1) is 0 Å². The summed E-state index contributed by atoms with van der Waals surface area (Å²) in [6.07, 6.45) is 6.33. The van der Waals surface area contributed by atoms with Crippen LogP contribution in [0.5, 0.6) is 0 Å². The number of aliphatic imine (C=N–C) groups is 1. The summed E-state index contributed by atoms with van der Waals surface area (Å²) in [5.41, 5.74) is 1.50. The van der Waals surface area contributed by atoms with E-state index in [2.05, 4.69) is 21.6 Å². The van der Waals surface area contributed by atoms with Crippen LogP contribution < -0.4 is 5.32 Å². The van der Waals surface area contributed by atoms with E-state index < -0.39 is 5.54 Å². The fraction of sp³-hybridized carbons (Fsp3) is 0.143. The van der Waals surface area contributed by atoms with Crippen molar-refractivity contribution in [3.63, 3.8) is 0 Å². The Balaban J connectivity index is 2.16. The summed E-state index contributed by atoms with van der Waals surface area (Å²) in [6, 6.07) is 9.46. The summed E-state index contributed by atoms with van der Waals surface area (Å²) in [6.45, 7) is 0.634. The molecule has 5 heteroatoms. The highest BCUT2D eigenvalue weighted by Crippen LogP contribution is 2.37. The first-order valence-electron chi connectivity index (χ1n) is 5.78. The van der Waals surface area contributed by atoms with Gasteiger partial charge in [-0.3, -0.25) is 4.98 Å². The molecule has 0 bridgehead atoms. The first kappa shape index (κ1) is 12.5. The van der Waals surface area contributed by atoms with Crippen molar-refractivity contribution in [3.05, 3.63) is 63.9 Å². The van der Waals surface area contributed by atoms with Crippen molar-refractivity contribution in [2.75, 3.05) is 6.54 Å². The lowest BCUT2D eigenvalue weighted by molar-refractivity contribution is 0.568. The van der Waals surface area contributed by atoms with Gasteiger partial charge in [-0.25, -0.2) is 4.99 Å². The zero-order valence-electron chi connectivity index (χ0n) is 9.90. The van der Waals surface area contributed by atoms with E-state index in [0.717, 1.165) is 11.1 Å². The fourth-order valence-corrected chi connectivity index (χ4v) is 2.52. The second kappa shape index (κ2) is 4.83. The maximum atomic E-state index is 6.11. The van der Waals surface area contributed by atoms with Crippen LogP contribution in [-0.2, 0) is 5.54 Å². The molecule has 2 heterocycles. The average Bonchev–Trinajstić information content (AvgIpc) is 2.93. The van der Waals surface area contributed by atoms with Crippen molar-refractivity contribution in [2.45, 2.75) is 5.54 Å². The number of pyridine rings is 1. The highest BCUT2D eigenvalue weighted by atomic mass is 35.5. The van der Waals surface area contributed by atoms with Crippen LogP contribution in [0.15, 0.2) is 47.7 Å². The molecule has 0 saturated carbocycles. The van der Waals surface area contributed by atoms with Gasteiger partial charge in [-0.1, -0.05) is 29.3 Å². The van der Waals surface area contributed by atoms with E-state index in [1.807, 2.05) is 24.3 Å². The van der Waals surface area contributed by atoms with Crippen LogP contribution in [0.4, 0.5) is 0 Å². The van der Waals surface area contributed by atoms with E-state index in [9.17, 15) is 0 Å². The number of nitrogens with one attached hydrogen (secondary N) is 1. The van der Waals surface area contributed by atoms with E-state index in [4.69, 9.17) is 23.2 Å². The molecule has 19 heavy (non-hydrogen) atoms. The topological polar surface area (TPSA) is 37.3 Å². The second-order valence-corrected chi connectivity index (χ2v) is 5.12. The van der Waals surface area contributed by atoms with Crippen LogP contribution in [0.1, 0.15) is 11.1 Å². The lowest BCUT2D eigenvalue weighted by Gasteiger charge is -2.26. The Morgan fingerprint density at radius 1 is 1.05 bits per heavy atom. The summed E-state index contributed by atoms with van der Waals surface area (Å²) in [5, 5.41) is 4.09. The van der Waals surface area contributed by atoms with Gasteiger partial charge in [0.25, 0.3) is 0 Å². The minimum Gasteiger partial charge on any atom is -0.364 e. The molecule has 0 amide bonds. The summed E-state index contributed by atoms with van der Waals surface area (Å²) >= 11 is 12.1. The Hall–Kier alpha value is -1.58. The number of hydrogen-bond acceptors (Lipinski definition) is 3. The molecule has 1 aliphatic rings. The van der Waals surface area contributed by atoms with Gasteiger partial charge in [-0.05, 0) is 35.4 Å². The van der Waals surface area contributed by atoms with Crippen molar-refractivity contribution in [2.24, 2.45) is 4.99 Å². The Morgan fingerprint density at radius 2 is 1.84 bits per heavy atom. The molecule has 95 valence electrons. The van der Waals surface area contributed by atoms with Crippen molar-refractivity contribution < 1.29 is 0 Å². The minimum atomic E-state index is -0.517. The van der Waals surface area contributed by atoms with E-state index >= 15 is 0 Å². The number of aromatic nitrogens is 1. The molecule has 1 aromatic heterocycles. The van der Waals surface area contributed by atoms with Crippen molar-refractivity contribution >= 4 is 29.5 Å². The number of nitrogens with zero attached hydrogens (tertiary/aromatic N) is 2. The Bertz CT molecular complexity index is 628. The maximum absolute atomic E-state index is 6.11. The zero-order chi connectivity index (χ0) is 13.3. The van der Waals surface area contributed by atoms with E-state index in [1.165, 1.54) is 0 Å². The zero-order valence-corrected chi connectivity index (χ0v) is 11.4. The number of rotatable bonds is 2. The number of halogens is 2. The number of hydrogen-bond donors (Lipinski definition) is 1. The lowest BCUT2D eigenvalue weighted by Crippen LogP contribution is -2.30. The summed E-state index contributed by atoms with van der Waals surface area (Å²) in [7, 11) is 0. The van der Waals surface area contributed by atoms with Gasteiger partial charge in [-0.2, -0.15) is 0 Å². The number of benzene rings is 1. The van der Waals surface area contributed by atoms with E-state index in [0.29, 0.717) is 16.6 Å². The quantitative estimate of drug-likeness (QED) is 0.923. The Labute approximate surface area is 121 Å². The van der Waals surface area contributed by atoms with Crippen molar-refractivity contribution in [1.29, 1.82) is 0 Å². The third-order valence-corrected chi connectivity index (χ3v) is 3.96. The lowest BCUT2D eigenvalue weighted by atomic mass is 9.84. The Morgan fingerprint density at radius 3 is 2.47 bits per heavy atom. The molecule has 1 N–H and O–H groups in total. The van der Waals surface area contributed by atoms with Crippen LogP contribution in [0.3, 0.4) is 0 Å². The molecule has 1 radical (unpaired) electrons. The van der Waals surface area contributed by atoms with Gasteiger partial charge >= 0.3 is 0 Å². The summed E-state index contributed by atoms with van der Waals surface area (Å²) in [5.74, 6) is 0. The molecule has 1 aromatic carbocycles. The molecule has 3 nitrogen and oxygen atoms in total.